The molecule has 0 aromatic heterocycles. The molecule has 2 aromatic carbocycles. The Morgan fingerprint density at radius 1 is 1.00 bits per heavy atom. The molecule has 0 spiro atoms. The highest BCUT2D eigenvalue weighted by Gasteiger charge is 2.34. The molecule has 1 aliphatic heterocycles. The van der Waals surface area contributed by atoms with Crippen LogP contribution in [0, 0.1) is 11.7 Å². The maximum Gasteiger partial charge on any atom is 0.253 e. The van der Waals surface area contributed by atoms with Crippen LogP contribution in [0.3, 0.4) is 0 Å². The number of likely N-dealkylation sites (tertiary alicyclic amines) is 1. The summed E-state index contributed by atoms with van der Waals surface area (Å²) in [5.41, 5.74) is 0.844. The van der Waals surface area contributed by atoms with Gasteiger partial charge in [-0.1, -0.05) is 0 Å². The number of ether oxygens (including phenoxy) is 2. The normalized spacial score (nSPS) is 14.8. The van der Waals surface area contributed by atoms with Crippen LogP contribution in [0.5, 0.6) is 5.75 Å². The number of hydrogen-bond donors (Lipinski definition) is 2. The van der Waals surface area contributed by atoms with Gasteiger partial charge < -0.3 is 25.0 Å². The third kappa shape index (κ3) is 7.26. The van der Waals surface area contributed by atoms with Crippen LogP contribution < -0.4 is 15.4 Å². The lowest BCUT2D eigenvalue weighted by Crippen LogP contribution is -2.54. The SMILES string of the molecule is COCCCNC(=O)[C@@H](NC(=O)c1ccc(OC)cc1)C1CCN(C(=O)c2ccc(F)cc2)CC1. The van der Waals surface area contributed by atoms with Crippen LogP contribution in [0.4, 0.5) is 4.39 Å². The molecule has 1 aliphatic rings. The Hall–Kier alpha value is -3.46. The largest absolute Gasteiger partial charge is 0.497 e. The van der Waals surface area contributed by atoms with Gasteiger partial charge in [0, 0.05) is 44.5 Å². The zero-order valence-corrected chi connectivity index (χ0v) is 20.1. The van der Waals surface area contributed by atoms with Crippen LogP contribution >= 0.6 is 0 Å². The van der Waals surface area contributed by atoms with Gasteiger partial charge in [-0.2, -0.15) is 0 Å². The molecular formula is C26H32FN3O5. The van der Waals surface area contributed by atoms with Gasteiger partial charge in [0.1, 0.15) is 17.6 Å². The van der Waals surface area contributed by atoms with Crippen molar-refractivity contribution in [2.24, 2.45) is 5.92 Å². The Morgan fingerprint density at radius 3 is 2.23 bits per heavy atom. The summed E-state index contributed by atoms with van der Waals surface area (Å²) in [6.45, 7) is 1.83. The minimum absolute atomic E-state index is 0.142. The number of nitrogens with zero attached hydrogens (tertiary/aromatic N) is 1. The summed E-state index contributed by atoms with van der Waals surface area (Å²) in [4.78, 5) is 40.4. The van der Waals surface area contributed by atoms with E-state index in [2.05, 4.69) is 10.6 Å². The average Bonchev–Trinajstić information content (AvgIpc) is 2.89. The molecule has 9 heteroatoms. The number of methoxy groups -OCH3 is 2. The van der Waals surface area contributed by atoms with E-state index in [-0.39, 0.29) is 23.6 Å². The Bertz CT molecular complexity index is 989. The van der Waals surface area contributed by atoms with Crippen LogP contribution in [0.15, 0.2) is 48.5 Å². The van der Waals surface area contributed by atoms with Crippen LogP contribution in [-0.2, 0) is 9.53 Å². The van der Waals surface area contributed by atoms with Crippen molar-refractivity contribution in [2.75, 3.05) is 40.5 Å². The third-order valence-corrected chi connectivity index (χ3v) is 6.14. The Labute approximate surface area is 204 Å². The monoisotopic (exact) mass is 485 g/mol. The summed E-state index contributed by atoms with van der Waals surface area (Å²) in [6, 6.07) is 11.4. The maximum atomic E-state index is 13.2. The van der Waals surface area contributed by atoms with Crippen molar-refractivity contribution < 1.29 is 28.2 Å². The second-order valence-corrected chi connectivity index (χ2v) is 8.45. The summed E-state index contributed by atoms with van der Waals surface area (Å²) in [5, 5.41) is 5.78. The lowest BCUT2D eigenvalue weighted by molar-refractivity contribution is -0.124. The Kier molecular flexibility index (Phi) is 9.60. The highest BCUT2D eigenvalue weighted by atomic mass is 19.1. The zero-order chi connectivity index (χ0) is 25.2. The number of benzene rings is 2. The molecule has 8 nitrogen and oxygen atoms in total. The number of amides is 3. The fourth-order valence-electron chi connectivity index (χ4n) is 4.11. The number of carbonyl (C=O) groups excluding carboxylic acids is 3. The standard InChI is InChI=1S/C26H32FN3O5/c1-34-17-3-14-28-25(32)23(29-24(31)19-6-10-22(35-2)11-7-19)18-12-15-30(16-13-18)26(33)20-4-8-21(27)9-5-20/h4-11,18,23H,3,12-17H2,1-2H3,(H,28,32)(H,29,31)/t23-/m0/s1. The number of halogens is 1. The van der Waals surface area contributed by atoms with Crippen LogP contribution in [0.25, 0.3) is 0 Å². The van der Waals surface area contributed by atoms with E-state index in [0.29, 0.717) is 62.4 Å². The second kappa shape index (κ2) is 12.9. The van der Waals surface area contributed by atoms with Crippen LogP contribution in [-0.4, -0.2) is 69.1 Å². The lowest BCUT2D eigenvalue weighted by atomic mass is 9.88. The van der Waals surface area contributed by atoms with Gasteiger partial charge in [-0.3, -0.25) is 14.4 Å². The predicted molar refractivity (Wildman–Crippen MR) is 129 cm³/mol. The number of carbonyl (C=O) groups is 3. The van der Waals surface area contributed by atoms with Crippen molar-refractivity contribution in [1.29, 1.82) is 0 Å². The van der Waals surface area contributed by atoms with Crippen LogP contribution in [0.2, 0.25) is 0 Å². The van der Waals surface area contributed by atoms with E-state index in [1.165, 1.54) is 24.3 Å². The molecule has 188 valence electrons. The first-order chi connectivity index (χ1) is 16.9. The molecule has 0 aliphatic carbocycles. The summed E-state index contributed by atoms with van der Waals surface area (Å²) >= 11 is 0. The quantitative estimate of drug-likeness (QED) is 0.505. The summed E-state index contributed by atoms with van der Waals surface area (Å²) in [5.74, 6) is -0.691. The molecule has 0 unspecified atom stereocenters. The third-order valence-electron chi connectivity index (χ3n) is 6.14. The van der Waals surface area contributed by atoms with Gasteiger partial charge in [0.05, 0.1) is 7.11 Å². The van der Waals surface area contributed by atoms with Gasteiger partial charge in [-0.05, 0) is 73.7 Å². The fraction of sp³-hybridized carbons (Fsp3) is 0.423. The number of hydrogen-bond acceptors (Lipinski definition) is 5. The molecule has 1 fully saturated rings. The highest BCUT2D eigenvalue weighted by molar-refractivity contribution is 5.98. The van der Waals surface area contributed by atoms with Gasteiger partial charge >= 0.3 is 0 Å². The van der Waals surface area contributed by atoms with Crippen molar-refractivity contribution in [3.8, 4) is 5.75 Å². The van der Waals surface area contributed by atoms with Crippen molar-refractivity contribution in [1.82, 2.24) is 15.5 Å². The molecule has 3 amide bonds. The van der Waals surface area contributed by atoms with Gasteiger partial charge in [0.15, 0.2) is 0 Å². The van der Waals surface area contributed by atoms with Gasteiger partial charge in [-0.25, -0.2) is 4.39 Å². The summed E-state index contributed by atoms with van der Waals surface area (Å²) in [7, 11) is 3.15. The molecule has 2 N–H and O–H groups in total. The fourth-order valence-corrected chi connectivity index (χ4v) is 4.11. The van der Waals surface area contributed by atoms with Crippen molar-refractivity contribution in [3.63, 3.8) is 0 Å². The van der Waals surface area contributed by atoms with E-state index in [0.717, 1.165) is 0 Å². The molecule has 0 saturated carbocycles. The predicted octanol–water partition coefficient (Wildman–Crippen LogP) is 2.64. The zero-order valence-electron chi connectivity index (χ0n) is 20.1. The van der Waals surface area contributed by atoms with Crippen LogP contribution in [0.1, 0.15) is 40.0 Å². The molecule has 0 bridgehead atoms. The average molecular weight is 486 g/mol. The van der Waals surface area contributed by atoms with Gasteiger partial charge in [0.25, 0.3) is 11.8 Å². The molecule has 1 heterocycles. The summed E-state index contributed by atoms with van der Waals surface area (Å²) in [6.07, 6.45) is 1.75. The second-order valence-electron chi connectivity index (χ2n) is 8.45. The van der Waals surface area contributed by atoms with E-state index in [4.69, 9.17) is 9.47 Å². The van der Waals surface area contributed by atoms with E-state index < -0.39 is 11.9 Å². The smallest absolute Gasteiger partial charge is 0.253 e. The van der Waals surface area contributed by atoms with Crippen molar-refractivity contribution in [2.45, 2.75) is 25.3 Å². The maximum absolute atomic E-state index is 13.2. The minimum atomic E-state index is -0.741. The van der Waals surface area contributed by atoms with Gasteiger partial charge in [0.2, 0.25) is 5.91 Å². The molecule has 1 saturated heterocycles. The van der Waals surface area contributed by atoms with E-state index >= 15 is 0 Å². The molecule has 3 rings (SSSR count). The minimum Gasteiger partial charge on any atom is -0.497 e. The number of piperidine rings is 1. The van der Waals surface area contributed by atoms with E-state index in [9.17, 15) is 18.8 Å². The van der Waals surface area contributed by atoms with Crippen molar-refractivity contribution in [3.05, 3.63) is 65.5 Å². The van der Waals surface area contributed by atoms with Gasteiger partial charge in [-0.15, -0.1) is 0 Å². The molecule has 1 atom stereocenters. The lowest BCUT2D eigenvalue weighted by Gasteiger charge is -2.36. The number of nitrogens with one attached hydrogen (secondary N) is 2. The first-order valence-corrected chi connectivity index (χ1v) is 11.7. The van der Waals surface area contributed by atoms with Crippen molar-refractivity contribution >= 4 is 17.7 Å². The molecule has 0 radical (unpaired) electrons. The first-order valence-electron chi connectivity index (χ1n) is 11.7. The molecule has 2 aromatic rings. The molecule has 35 heavy (non-hydrogen) atoms. The Morgan fingerprint density at radius 2 is 1.63 bits per heavy atom. The highest BCUT2D eigenvalue weighted by Crippen LogP contribution is 2.23. The summed E-state index contributed by atoms with van der Waals surface area (Å²) < 4.78 is 23.4. The molecular weight excluding hydrogens is 453 g/mol. The van der Waals surface area contributed by atoms with E-state index in [1.54, 1.807) is 43.4 Å². The Balaban J connectivity index is 1.66. The van der Waals surface area contributed by atoms with E-state index in [1.807, 2.05) is 0 Å². The first kappa shape index (κ1) is 26.2. The number of rotatable bonds is 10. The topological polar surface area (TPSA) is 97.0 Å².